The van der Waals surface area contributed by atoms with Gasteiger partial charge in [-0.2, -0.15) is 4.98 Å². The summed E-state index contributed by atoms with van der Waals surface area (Å²) in [4.78, 5) is 24.6. The number of piperidine rings is 1. The fraction of sp³-hybridized carbons (Fsp3) is 0.423. The van der Waals surface area contributed by atoms with Crippen LogP contribution in [0.5, 0.6) is 11.5 Å². The number of nitrogens with zero attached hydrogens (tertiary/aromatic N) is 3. The van der Waals surface area contributed by atoms with E-state index in [4.69, 9.17) is 31.0 Å². The van der Waals surface area contributed by atoms with Gasteiger partial charge in [-0.15, -0.1) is 0 Å². The van der Waals surface area contributed by atoms with Crippen LogP contribution in [-0.2, 0) is 0 Å². The quantitative estimate of drug-likeness (QED) is 0.476. The van der Waals surface area contributed by atoms with Crippen molar-refractivity contribution in [2.75, 3.05) is 30.4 Å². The number of carbonyl (C=O) groups is 1. The van der Waals surface area contributed by atoms with E-state index in [9.17, 15) is 4.79 Å². The summed E-state index contributed by atoms with van der Waals surface area (Å²) in [5.74, 6) is 2.16. The van der Waals surface area contributed by atoms with E-state index in [1.54, 1.807) is 31.4 Å². The van der Waals surface area contributed by atoms with Crippen molar-refractivity contribution < 1.29 is 14.3 Å². The first-order valence-electron chi connectivity index (χ1n) is 12.0. The van der Waals surface area contributed by atoms with Crippen molar-refractivity contribution in [1.29, 1.82) is 0 Å². The van der Waals surface area contributed by atoms with E-state index >= 15 is 0 Å². The second kappa shape index (κ2) is 10.1. The number of halogens is 1. The maximum atomic E-state index is 12.9. The molecule has 178 valence electrons. The number of hydrogen-bond donors (Lipinski definition) is 1. The van der Waals surface area contributed by atoms with Gasteiger partial charge in [0.2, 0.25) is 5.95 Å². The van der Waals surface area contributed by atoms with Crippen LogP contribution >= 0.6 is 11.6 Å². The van der Waals surface area contributed by atoms with Crippen LogP contribution in [0.25, 0.3) is 10.9 Å². The summed E-state index contributed by atoms with van der Waals surface area (Å²) in [7, 11) is 1.66. The van der Waals surface area contributed by atoms with E-state index in [-0.39, 0.29) is 18.0 Å². The minimum absolute atomic E-state index is 0.193. The Hall–Kier alpha value is -3.06. The summed E-state index contributed by atoms with van der Waals surface area (Å²) in [5, 5.41) is 4.34. The van der Waals surface area contributed by atoms with Gasteiger partial charge in [0, 0.05) is 35.1 Å². The first-order valence-corrected chi connectivity index (χ1v) is 12.4. The van der Waals surface area contributed by atoms with Gasteiger partial charge in [0.25, 0.3) is 5.91 Å². The molecular weight excluding hydrogens is 452 g/mol. The van der Waals surface area contributed by atoms with Gasteiger partial charge < -0.3 is 14.4 Å². The van der Waals surface area contributed by atoms with E-state index < -0.39 is 0 Å². The summed E-state index contributed by atoms with van der Waals surface area (Å²) in [5.41, 5.74) is 1.21. The number of rotatable bonds is 6. The summed E-state index contributed by atoms with van der Waals surface area (Å²) < 4.78 is 12.0. The standard InChI is InChI=1S/C26H29ClN4O3/c1-33-22-15-20-21(16-23(22)34-19-7-3-4-8-19)28-26(29-24(20)31-13-5-2-6-14-31)30-25(32)17-9-11-18(27)12-10-17/h9-12,15-16,19H,2-8,13-14H2,1H3,(H,28,29,30,32). The lowest BCUT2D eigenvalue weighted by Crippen LogP contribution is -2.30. The van der Waals surface area contributed by atoms with Crippen LogP contribution in [0.4, 0.5) is 11.8 Å². The van der Waals surface area contributed by atoms with E-state index in [1.165, 1.54) is 19.3 Å². The van der Waals surface area contributed by atoms with Crippen molar-refractivity contribution in [3.05, 3.63) is 47.0 Å². The van der Waals surface area contributed by atoms with Gasteiger partial charge >= 0.3 is 0 Å². The van der Waals surface area contributed by atoms with Crippen LogP contribution < -0.4 is 19.7 Å². The van der Waals surface area contributed by atoms with E-state index in [2.05, 4.69) is 10.2 Å². The molecule has 1 aliphatic carbocycles. The number of nitrogens with one attached hydrogen (secondary N) is 1. The van der Waals surface area contributed by atoms with Gasteiger partial charge in [0.15, 0.2) is 11.5 Å². The normalized spacial score (nSPS) is 16.6. The Morgan fingerprint density at radius 1 is 1.00 bits per heavy atom. The number of methoxy groups -OCH3 is 1. The van der Waals surface area contributed by atoms with Crippen molar-refractivity contribution in [3.8, 4) is 11.5 Å². The fourth-order valence-electron chi connectivity index (χ4n) is 4.74. The molecule has 0 spiro atoms. The average Bonchev–Trinajstić information content (AvgIpc) is 3.37. The zero-order valence-electron chi connectivity index (χ0n) is 19.3. The minimum atomic E-state index is -0.281. The van der Waals surface area contributed by atoms with Crippen molar-refractivity contribution in [3.63, 3.8) is 0 Å². The minimum Gasteiger partial charge on any atom is -0.493 e. The molecule has 2 aliphatic rings. The third-order valence-electron chi connectivity index (χ3n) is 6.54. The number of hydrogen-bond acceptors (Lipinski definition) is 6. The predicted molar refractivity (Wildman–Crippen MR) is 134 cm³/mol. The van der Waals surface area contributed by atoms with Crippen LogP contribution in [0.15, 0.2) is 36.4 Å². The number of amides is 1. The largest absolute Gasteiger partial charge is 0.493 e. The summed E-state index contributed by atoms with van der Waals surface area (Å²) in [6.45, 7) is 1.83. The highest BCUT2D eigenvalue weighted by Gasteiger charge is 2.23. The summed E-state index contributed by atoms with van der Waals surface area (Å²) in [6, 6.07) is 10.6. The molecule has 3 aromatic rings. The Balaban J connectivity index is 1.54. The number of carbonyl (C=O) groups excluding carboxylic acids is 1. The molecule has 1 N–H and O–H groups in total. The molecule has 0 atom stereocenters. The molecule has 1 amide bonds. The molecule has 1 saturated carbocycles. The van der Waals surface area contributed by atoms with Crippen molar-refractivity contribution in [2.45, 2.75) is 51.0 Å². The van der Waals surface area contributed by atoms with Gasteiger partial charge in [-0.3, -0.25) is 10.1 Å². The third-order valence-corrected chi connectivity index (χ3v) is 6.80. The van der Waals surface area contributed by atoms with Crippen LogP contribution in [-0.4, -0.2) is 42.2 Å². The first-order chi connectivity index (χ1) is 16.6. The molecule has 1 aliphatic heterocycles. The maximum Gasteiger partial charge on any atom is 0.258 e. The van der Waals surface area contributed by atoms with Gasteiger partial charge in [-0.25, -0.2) is 4.98 Å². The van der Waals surface area contributed by atoms with Gasteiger partial charge in [0.1, 0.15) is 5.82 Å². The van der Waals surface area contributed by atoms with Crippen molar-refractivity contribution in [2.24, 2.45) is 0 Å². The second-order valence-electron chi connectivity index (χ2n) is 8.92. The molecule has 34 heavy (non-hydrogen) atoms. The molecule has 2 fully saturated rings. The molecule has 7 nitrogen and oxygen atoms in total. The highest BCUT2D eigenvalue weighted by molar-refractivity contribution is 6.30. The molecule has 5 rings (SSSR count). The summed E-state index contributed by atoms with van der Waals surface area (Å²) in [6.07, 6.45) is 8.08. The SMILES string of the molecule is COc1cc2c(N3CCCCC3)nc(NC(=O)c3ccc(Cl)cc3)nc2cc1OC1CCCC1. The molecular formula is C26H29ClN4O3. The van der Waals surface area contributed by atoms with Gasteiger partial charge in [-0.05, 0) is 75.3 Å². The molecule has 0 radical (unpaired) electrons. The van der Waals surface area contributed by atoms with Crippen molar-refractivity contribution in [1.82, 2.24) is 9.97 Å². The lowest BCUT2D eigenvalue weighted by molar-refractivity contribution is 0.102. The Morgan fingerprint density at radius 2 is 1.74 bits per heavy atom. The topological polar surface area (TPSA) is 76.6 Å². The van der Waals surface area contributed by atoms with Gasteiger partial charge in [-0.1, -0.05) is 11.6 Å². The Bertz CT molecular complexity index is 1170. The lowest BCUT2D eigenvalue weighted by Gasteiger charge is -2.29. The lowest BCUT2D eigenvalue weighted by atomic mass is 10.1. The zero-order valence-corrected chi connectivity index (χ0v) is 20.1. The predicted octanol–water partition coefficient (Wildman–Crippen LogP) is 5.86. The molecule has 2 heterocycles. The van der Waals surface area contributed by atoms with E-state index in [0.717, 1.165) is 55.5 Å². The average molecular weight is 481 g/mol. The van der Waals surface area contributed by atoms with Crippen LogP contribution in [0.3, 0.4) is 0 Å². The fourth-order valence-corrected chi connectivity index (χ4v) is 4.86. The molecule has 1 saturated heterocycles. The van der Waals surface area contributed by atoms with E-state index in [0.29, 0.717) is 22.1 Å². The number of anilines is 2. The first kappa shape index (κ1) is 22.7. The van der Waals surface area contributed by atoms with Crippen LogP contribution in [0, 0.1) is 0 Å². The maximum absolute atomic E-state index is 12.9. The highest BCUT2D eigenvalue weighted by atomic mass is 35.5. The zero-order chi connectivity index (χ0) is 23.5. The van der Waals surface area contributed by atoms with Gasteiger partial charge in [0.05, 0.1) is 18.7 Å². The smallest absolute Gasteiger partial charge is 0.258 e. The Morgan fingerprint density at radius 3 is 2.44 bits per heavy atom. The number of aromatic nitrogens is 2. The molecule has 0 bridgehead atoms. The second-order valence-corrected chi connectivity index (χ2v) is 9.36. The number of benzene rings is 2. The number of fused-ring (bicyclic) bond motifs is 1. The van der Waals surface area contributed by atoms with E-state index in [1.807, 2.05) is 12.1 Å². The highest BCUT2D eigenvalue weighted by Crippen LogP contribution is 2.38. The Labute approximate surface area is 204 Å². The van der Waals surface area contributed by atoms with Crippen LogP contribution in [0.2, 0.25) is 5.02 Å². The molecule has 1 aromatic heterocycles. The van der Waals surface area contributed by atoms with Crippen molar-refractivity contribution >= 4 is 40.2 Å². The molecule has 8 heteroatoms. The third kappa shape index (κ3) is 4.89. The van der Waals surface area contributed by atoms with Crippen LogP contribution in [0.1, 0.15) is 55.3 Å². The summed E-state index contributed by atoms with van der Waals surface area (Å²) >= 11 is 5.96. The Kier molecular flexibility index (Phi) is 6.72. The molecule has 2 aromatic carbocycles. The monoisotopic (exact) mass is 480 g/mol. The number of ether oxygens (including phenoxy) is 2. The molecule has 0 unspecified atom stereocenters.